The minimum absolute atomic E-state index is 0.0571. The lowest BCUT2D eigenvalue weighted by Gasteiger charge is -2.21. The molecule has 1 aliphatic heterocycles. The van der Waals surface area contributed by atoms with Gasteiger partial charge in [0, 0.05) is 24.0 Å². The molecule has 246 valence electrons. The number of rotatable bonds is 9. The maximum absolute atomic E-state index is 12.0. The maximum Gasteiger partial charge on any atom is 0.430 e. The molecule has 2 aromatic carbocycles. The number of aliphatic carboxylic acids is 1. The van der Waals surface area contributed by atoms with Gasteiger partial charge in [-0.2, -0.15) is 18.3 Å². The lowest BCUT2D eigenvalue weighted by Crippen LogP contribution is -2.88. The Labute approximate surface area is 263 Å². The number of anilines is 2. The Kier molecular flexibility index (Phi) is 11.2. The van der Waals surface area contributed by atoms with E-state index in [1.54, 1.807) is 13.3 Å². The Hall–Kier alpha value is -5.05. The number of nitrogens with two attached hydrogens (primary N) is 1. The van der Waals surface area contributed by atoms with Crippen LogP contribution < -0.4 is 35.8 Å². The third-order valence-electron chi connectivity index (χ3n) is 6.83. The average Bonchev–Trinajstić information content (AvgIpc) is 3.35. The quantitative estimate of drug-likeness (QED) is 0.216. The summed E-state index contributed by atoms with van der Waals surface area (Å²) in [6, 6.07) is 17.3. The Morgan fingerprint density at radius 1 is 1.09 bits per heavy atom. The van der Waals surface area contributed by atoms with Crippen LogP contribution in [0.2, 0.25) is 0 Å². The molecule has 2 aromatic heterocycles. The van der Waals surface area contributed by atoms with Crippen LogP contribution in [0.1, 0.15) is 32.3 Å². The number of nitrogens with one attached hydrogen (secondary N) is 3. The van der Waals surface area contributed by atoms with Crippen LogP contribution in [0, 0.1) is 0 Å². The number of benzene rings is 2. The zero-order valence-electron chi connectivity index (χ0n) is 25.6. The summed E-state index contributed by atoms with van der Waals surface area (Å²) in [5, 5.41) is 26.2. The number of fused-ring (bicyclic) bond motifs is 1. The minimum Gasteiger partial charge on any atom is -0.542 e. The van der Waals surface area contributed by atoms with Crippen molar-refractivity contribution in [3.8, 4) is 17.2 Å². The van der Waals surface area contributed by atoms with Crippen molar-refractivity contribution in [1.82, 2.24) is 20.1 Å². The monoisotopic (exact) mass is 643 g/mol. The summed E-state index contributed by atoms with van der Waals surface area (Å²) in [6.45, 7) is 6.56. The number of nitrogens with zero attached hydrogens (tertiary/aromatic N) is 3. The minimum atomic E-state index is -5.19. The Morgan fingerprint density at radius 2 is 1.76 bits per heavy atom. The third kappa shape index (κ3) is 9.47. The second-order valence-corrected chi connectivity index (χ2v) is 10.8. The van der Waals surface area contributed by atoms with Gasteiger partial charge in [-0.1, -0.05) is 12.1 Å². The summed E-state index contributed by atoms with van der Waals surface area (Å²) in [5.74, 6) is -0.104. The van der Waals surface area contributed by atoms with Crippen LogP contribution in [0.4, 0.5) is 29.5 Å². The first-order valence-corrected chi connectivity index (χ1v) is 14.6. The van der Waals surface area contributed by atoms with Crippen molar-refractivity contribution in [2.75, 3.05) is 30.8 Å². The molecule has 2 amide bonds. The van der Waals surface area contributed by atoms with E-state index in [-0.39, 0.29) is 12.1 Å². The molecular weight excluding hydrogens is 607 g/mol. The van der Waals surface area contributed by atoms with Gasteiger partial charge in [0.1, 0.15) is 28.6 Å². The highest BCUT2D eigenvalue weighted by atomic mass is 19.4. The number of carboxylic acid groups (broad SMARTS) is 1. The number of carbonyl (C=O) groups excluding carboxylic acids is 2. The van der Waals surface area contributed by atoms with Gasteiger partial charge in [-0.3, -0.25) is 0 Å². The number of piperidine rings is 1. The fourth-order valence-electron chi connectivity index (χ4n) is 4.70. The topological polar surface area (TPSA) is 159 Å². The predicted molar refractivity (Wildman–Crippen MR) is 163 cm³/mol. The summed E-state index contributed by atoms with van der Waals surface area (Å²) in [5.41, 5.74) is 2.52. The van der Waals surface area contributed by atoms with Gasteiger partial charge in [0.2, 0.25) is 0 Å². The highest BCUT2D eigenvalue weighted by Crippen LogP contribution is 2.35. The number of alkyl halides is 3. The highest BCUT2D eigenvalue weighted by molar-refractivity contribution is 5.94. The molecule has 5 N–H and O–H groups in total. The molecule has 0 bridgehead atoms. The molecule has 0 radical (unpaired) electrons. The van der Waals surface area contributed by atoms with Crippen LogP contribution in [-0.2, 0) is 11.3 Å². The van der Waals surface area contributed by atoms with Gasteiger partial charge in [0.25, 0.3) is 0 Å². The van der Waals surface area contributed by atoms with Gasteiger partial charge >= 0.3 is 12.2 Å². The van der Waals surface area contributed by atoms with Crippen LogP contribution >= 0.6 is 0 Å². The molecule has 0 aliphatic carbocycles. The molecular formula is C31H36F3N7O5. The highest BCUT2D eigenvalue weighted by Gasteiger charge is 2.29. The molecule has 0 spiro atoms. The zero-order valence-corrected chi connectivity index (χ0v) is 25.6. The van der Waals surface area contributed by atoms with E-state index in [1.807, 2.05) is 73.1 Å². The van der Waals surface area contributed by atoms with Crippen molar-refractivity contribution >= 4 is 34.5 Å². The van der Waals surface area contributed by atoms with Crippen molar-refractivity contribution in [2.45, 2.75) is 51.5 Å². The largest absolute Gasteiger partial charge is 0.542 e. The van der Waals surface area contributed by atoms with E-state index in [1.165, 1.54) is 6.42 Å². The number of urea groups is 1. The molecule has 5 rings (SSSR count). The van der Waals surface area contributed by atoms with Crippen molar-refractivity contribution in [3.05, 3.63) is 66.4 Å². The van der Waals surface area contributed by atoms with Crippen molar-refractivity contribution < 1.29 is 42.7 Å². The number of pyridine rings is 1. The summed E-state index contributed by atoms with van der Waals surface area (Å²) < 4.78 is 45.1. The molecule has 46 heavy (non-hydrogen) atoms. The van der Waals surface area contributed by atoms with Gasteiger partial charge in [0.15, 0.2) is 11.5 Å². The number of quaternary nitrogens is 1. The van der Waals surface area contributed by atoms with E-state index in [4.69, 9.17) is 29.5 Å². The number of carboxylic acids is 1. The van der Waals surface area contributed by atoms with Crippen molar-refractivity contribution in [3.63, 3.8) is 0 Å². The standard InChI is InChI=1S/C29H35N7O3.C2HF3O2/c1-19(2)32-29(37)34-21-8-12-24(13-9-21)39-25-14-16-31-28-26(25)27(33-22-5-4-15-30-17-22)35-36(28)18-20-6-10-23(38-3)11-7-20;3-2(4,5)1(6)7/h6-14,16,19,22,30H,4-5,15,17-18H2,1-3H3,(H,33,35)(H2,32,34,37);(H,6,7)/t22-;/m1./s1. The van der Waals surface area contributed by atoms with Crippen LogP contribution in [-0.4, -0.2) is 65.2 Å². The molecule has 3 heterocycles. The van der Waals surface area contributed by atoms with Crippen molar-refractivity contribution in [2.24, 2.45) is 0 Å². The summed E-state index contributed by atoms with van der Waals surface area (Å²) >= 11 is 0. The first-order chi connectivity index (χ1) is 21.9. The van der Waals surface area contributed by atoms with E-state index < -0.39 is 12.1 Å². The van der Waals surface area contributed by atoms with E-state index in [9.17, 15) is 18.0 Å². The van der Waals surface area contributed by atoms with E-state index in [2.05, 4.69) is 21.3 Å². The molecule has 12 nitrogen and oxygen atoms in total. The lowest BCUT2D eigenvalue weighted by atomic mass is 10.1. The third-order valence-corrected chi connectivity index (χ3v) is 6.83. The first kappa shape index (κ1) is 33.8. The molecule has 15 heteroatoms. The molecule has 0 unspecified atom stereocenters. The van der Waals surface area contributed by atoms with E-state index >= 15 is 0 Å². The Balaban J connectivity index is 0.000000617. The number of ether oxygens (including phenoxy) is 2. The van der Waals surface area contributed by atoms with Crippen LogP contribution in [0.25, 0.3) is 11.0 Å². The number of halogens is 3. The SMILES string of the molecule is COc1ccc(Cn2nc(N[C@@H]3CCC[NH2+]C3)c3c(Oc4ccc(NC(=O)NC(C)C)cc4)ccnc32)cc1.O=C([O-])C(F)(F)F. The molecule has 1 aliphatic rings. The van der Waals surface area contributed by atoms with Crippen LogP contribution in [0.5, 0.6) is 17.2 Å². The fraction of sp³-hybridized carbons (Fsp3) is 0.355. The average molecular weight is 644 g/mol. The van der Waals surface area contributed by atoms with Crippen LogP contribution in [0.15, 0.2) is 60.8 Å². The smallest absolute Gasteiger partial charge is 0.430 e. The number of hydrogen-bond acceptors (Lipinski definition) is 8. The first-order valence-electron chi connectivity index (χ1n) is 14.6. The molecule has 1 atom stereocenters. The van der Waals surface area contributed by atoms with Gasteiger partial charge < -0.3 is 40.6 Å². The van der Waals surface area contributed by atoms with Gasteiger partial charge in [0.05, 0.1) is 32.8 Å². The molecule has 1 saturated heterocycles. The number of amides is 2. The number of hydrogen-bond donors (Lipinski definition) is 4. The Bertz CT molecular complexity index is 1600. The Morgan fingerprint density at radius 3 is 2.35 bits per heavy atom. The van der Waals surface area contributed by atoms with Gasteiger partial charge in [-0.15, -0.1) is 0 Å². The summed E-state index contributed by atoms with van der Waals surface area (Å²) in [6.07, 6.45) is -1.19. The van der Waals surface area contributed by atoms with Gasteiger partial charge in [-0.05, 0) is 68.7 Å². The summed E-state index contributed by atoms with van der Waals surface area (Å²) in [7, 11) is 1.66. The summed E-state index contributed by atoms with van der Waals surface area (Å²) in [4.78, 5) is 25.5. The van der Waals surface area contributed by atoms with E-state index in [0.717, 1.165) is 47.7 Å². The second kappa shape index (κ2) is 15.3. The predicted octanol–water partition coefficient (Wildman–Crippen LogP) is 3.25. The number of aromatic nitrogens is 3. The lowest BCUT2D eigenvalue weighted by molar-refractivity contribution is -0.663. The fourth-order valence-corrected chi connectivity index (χ4v) is 4.70. The normalized spacial score (nSPS) is 14.6. The second-order valence-electron chi connectivity index (χ2n) is 10.8. The molecule has 4 aromatic rings. The van der Waals surface area contributed by atoms with Crippen molar-refractivity contribution in [1.29, 1.82) is 0 Å². The molecule has 0 saturated carbocycles. The van der Waals surface area contributed by atoms with Crippen LogP contribution in [0.3, 0.4) is 0 Å². The maximum atomic E-state index is 12.0. The van der Waals surface area contributed by atoms with E-state index in [0.29, 0.717) is 29.8 Å². The number of carbonyl (C=O) groups is 2. The number of methoxy groups -OCH3 is 1. The zero-order chi connectivity index (χ0) is 33.3. The van der Waals surface area contributed by atoms with Gasteiger partial charge in [-0.25, -0.2) is 14.5 Å². The molecule has 1 fully saturated rings.